The van der Waals surface area contributed by atoms with Crippen LogP contribution in [0, 0.1) is 5.92 Å². The van der Waals surface area contributed by atoms with Crippen LogP contribution in [0.1, 0.15) is 65.7 Å². The molecule has 1 nitrogen and oxygen atoms in total. The molecule has 1 atom stereocenters. The van der Waals surface area contributed by atoms with E-state index in [9.17, 15) is 5.11 Å². The van der Waals surface area contributed by atoms with E-state index in [-0.39, 0.29) is 6.10 Å². The normalized spacial score (nSPS) is 13.6. The van der Waals surface area contributed by atoms with Crippen LogP contribution in [0.5, 0.6) is 0 Å². The number of unbranched alkanes of at least 4 members (excludes halogenated alkanes) is 1. The van der Waals surface area contributed by atoms with Gasteiger partial charge in [0.05, 0.1) is 6.10 Å². The highest BCUT2D eigenvalue weighted by Crippen LogP contribution is 2.17. The predicted molar refractivity (Wildman–Crippen MR) is 58.8 cm³/mol. The van der Waals surface area contributed by atoms with E-state index in [1.54, 1.807) is 0 Å². The second-order valence-corrected chi connectivity index (χ2v) is 4.06. The predicted octanol–water partition coefficient (Wildman–Crippen LogP) is 3.75. The van der Waals surface area contributed by atoms with Gasteiger partial charge in [0.1, 0.15) is 0 Å². The quantitative estimate of drug-likeness (QED) is 0.612. The average molecular weight is 186 g/mol. The van der Waals surface area contributed by atoms with Crippen molar-refractivity contribution in [1.82, 2.24) is 0 Å². The molecule has 0 aliphatic heterocycles. The Hall–Kier alpha value is -0.0400. The van der Waals surface area contributed by atoms with Crippen molar-refractivity contribution in [2.75, 3.05) is 0 Å². The molecule has 0 bridgehead atoms. The first kappa shape index (κ1) is 13.0. The Labute approximate surface area is 83.5 Å². The zero-order valence-electron chi connectivity index (χ0n) is 9.55. The Morgan fingerprint density at radius 3 is 2.00 bits per heavy atom. The molecule has 1 N–H and O–H groups in total. The molecule has 1 heteroatoms. The van der Waals surface area contributed by atoms with Gasteiger partial charge in [0, 0.05) is 0 Å². The second kappa shape index (κ2) is 8.55. The highest BCUT2D eigenvalue weighted by atomic mass is 16.3. The van der Waals surface area contributed by atoms with Crippen molar-refractivity contribution >= 4 is 0 Å². The van der Waals surface area contributed by atoms with Crippen molar-refractivity contribution in [1.29, 1.82) is 0 Å². The second-order valence-electron chi connectivity index (χ2n) is 4.06. The van der Waals surface area contributed by atoms with Gasteiger partial charge >= 0.3 is 0 Å². The number of hydrogen-bond acceptors (Lipinski definition) is 1. The van der Waals surface area contributed by atoms with Crippen LogP contribution >= 0.6 is 0 Å². The fourth-order valence-corrected chi connectivity index (χ4v) is 1.71. The molecule has 0 radical (unpaired) electrons. The van der Waals surface area contributed by atoms with Crippen molar-refractivity contribution in [2.45, 2.75) is 71.8 Å². The van der Waals surface area contributed by atoms with Gasteiger partial charge in [0.25, 0.3) is 0 Å². The number of aliphatic hydroxyl groups excluding tert-OH is 1. The van der Waals surface area contributed by atoms with Crippen LogP contribution in [0.25, 0.3) is 0 Å². The molecular formula is C12H26O. The van der Waals surface area contributed by atoms with E-state index >= 15 is 0 Å². The molecule has 0 aromatic rings. The molecule has 0 spiro atoms. The molecule has 0 amide bonds. The minimum atomic E-state index is -0.0412. The first-order chi connectivity index (χ1) is 6.24. The third kappa shape index (κ3) is 7.06. The number of rotatable bonds is 8. The van der Waals surface area contributed by atoms with E-state index in [0.717, 1.165) is 18.8 Å². The van der Waals surface area contributed by atoms with Crippen molar-refractivity contribution in [2.24, 2.45) is 5.92 Å². The zero-order valence-corrected chi connectivity index (χ0v) is 9.55. The lowest BCUT2D eigenvalue weighted by Gasteiger charge is -2.15. The fourth-order valence-electron chi connectivity index (χ4n) is 1.71. The summed E-state index contributed by atoms with van der Waals surface area (Å²) >= 11 is 0. The van der Waals surface area contributed by atoms with Gasteiger partial charge in [-0.1, -0.05) is 46.5 Å². The molecule has 0 saturated heterocycles. The number of aliphatic hydroxyl groups is 1. The van der Waals surface area contributed by atoms with Crippen molar-refractivity contribution in [3.05, 3.63) is 0 Å². The fraction of sp³-hybridized carbons (Fsp3) is 1.00. The van der Waals surface area contributed by atoms with Crippen LogP contribution in [0.15, 0.2) is 0 Å². The van der Waals surface area contributed by atoms with Gasteiger partial charge < -0.3 is 5.11 Å². The standard InChI is InChI=1S/C12H26O/c1-4-7-8-12(13)10-9-11(5-2)6-3/h11-13H,4-10H2,1-3H3. The highest BCUT2D eigenvalue weighted by molar-refractivity contribution is 4.61. The number of hydrogen-bond donors (Lipinski definition) is 1. The Balaban J connectivity index is 3.38. The van der Waals surface area contributed by atoms with Crippen molar-refractivity contribution < 1.29 is 5.11 Å². The summed E-state index contributed by atoms with van der Waals surface area (Å²) in [4.78, 5) is 0. The van der Waals surface area contributed by atoms with Gasteiger partial charge in [-0.15, -0.1) is 0 Å². The van der Waals surface area contributed by atoms with E-state index in [2.05, 4.69) is 20.8 Å². The molecule has 13 heavy (non-hydrogen) atoms. The van der Waals surface area contributed by atoms with Crippen molar-refractivity contribution in [3.63, 3.8) is 0 Å². The van der Waals surface area contributed by atoms with Gasteiger partial charge in [-0.2, -0.15) is 0 Å². The monoisotopic (exact) mass is 186 g/mol. The lowest BCUT2D eigenvalue weighted by atomic mass is 9.94. The average Bonchev–Trinajstić information content (AvgIpc) is 2.16. The summed E-state index contributed by atoms with van der Waals surface area (Å²) in [6, 6.07) is 0. The third-order valence-corrected chi connectivity index (χ3v) is 2.95. The molecular weight excluding hydrogens is 160 g/mol. The highest BCUT2D eigenvalue weighted by Gasteiger charge is 2.08. The van der Waals surface area contributed by atoms with Crippen LogP contribution in [0.4, 0.5) is 0 Å². The summed E-state index contributed by atoms with van der Waals surface area (Å²) in [6.45, 7) is 6.66. The van der Waals surface area contributed by atoms with Crippen molar-refractivity contribution in [3.8, 4) is 0 Å². The Morgan fingerprint density at radius 1 is 0.923 bits per heavy atom. The molecule has 0 fully saturated rings. The summed E-state index contributed by atoms with van der Waals surface area (Å²) in [5.74, 6) is 0.830. The largest absolute Gasteiger partial charge is 0.393 e. The third-order valence-electron chi connectivity index (χ3n) is 2.95. The molecule has 0 aliphatic rings. The van der Waals surface area contributed by atoms with Crippen LogP contribution in [-0.2, 0) is 0 Å². The molecule has 80 valence electrons. The van der Waals surface area contributed by atoms with Gasteiger partial charge in [-0.3, -0.25) is 0 Å². The molecule has 1 unspecified atom stereocenters. The van der Waals surface area contributed by atoms with E-state index < -0.39 is 0 Å². The van der Waals surface area contributed by atoms with E-state index in [4.69, 9.17) is 0 Å². The van der Waals surface area contributed by atoms with E-state index in [1.165, 1.54) is 32.1 Å². The summed E-state index contributed by atoms with van der Waals surface area (Å²) < 4.78 is 0. The zero-order chi connectivity index (χ0) is 10.1. The summed E-state index contributed by atoms with van der Waals surface area (Å²) in [5, 5.41) is 9.62. The maximum absolute atomic E-state index is 9.62. The smallest absolute Gasteiger partial charge is 0.0540 e. The van der Waals surface area contributed by atoms with Gasteiger partial charge in [0.2, 0.25) is 0 Å². The first-order valence-electron chi connectivity index (χ1n) is 5.92. The minimum absolute atomic E-state index is 0.0412. The molecule has 0 aromatic heterocycles. The Bertz CT molecular complexity index is 97.3. The van der Waals surface area contributed by atoms with E-state index in [0.29, 0.717) is 0 Å². The molecule has 0 aromatic carbocycles. The summed E-state index contributed by atoms with van der Waals surface area (Å²) in [6.07, 6.45) is 8.06. The minimum Gasteiger partial charge on any atom is -0.393 e. The van der Waals surface area contributed by atoms with Gasteiger partial charge in [-0.25, -0.2) is 0 Å². The topological polar surface area (TPSA) is 20.2 Å². The van der Waals surface area contributed by atoms with Crippen LogP contribution in [0.2, 0.25) is 0 Å². The maximum Gasteiger partial charge on any atom is 0.0540 e. The Morgan fingerprint density at radius 2 is 1.54 bits per heavy atom. The first-order valence-corrected chi connectivity index (χ1v) is 5.92. The molecule has 0 aliphatic carbocycles. The van der Waals surface area contributed by atoms with E-state index in [1.807, 2.05) is 0 Å². The molecule has 0 rings (SSSR count). The lowest BCUT2D eigenvalue weighted by Crippen LogP contribution is -2.09. The van der Waals surface area contributed by atoms with Crippen LogP contribution in [-0.4, -0.2) is 11.2 Å². The van der Waals surface area contributed by atoms with Gasteiger partial charge in [0.15, 0.2) is 0 Å². The summed E-state index contributed by atoms with van der Waals surface area (Å²) in [7, 11) is 0. The molecule has 0 saturated carbocycles. The molecule has 0 heterocycles. The van der Waals surface area contributed by atoms with Crippen LogP contribution in [0.3, 0.4) is 0 Å². The lowest BCUT2D eigenvalue weighted by molar-refractivity contribution is 0.141. The Kier molecular flexibility index (Phi) is 8.53. The SMILES string of the molecule is CCCCC(O)CCC(CC)CC. The van der Waals surface area contributed by atoms with Gasteiger partial charge in [-0.05, 0) is 25.2 Å². The maximum atomic E-state index is 9.62. The van der Waals surface area contributed by atoms with Crippen LogP contribution < -0.4 is 0 Å². The summed E-state index contributed by atoms with van der Waals surface area (Å²) in [5.41, 5.74) is 0.